The van der Waals surface area contributed by atoms with Crippen LogP contribution in [0.3, 0.4) is 0 Å². The molecule has 3 N–H and O–H groups in total. The number of aryl methyl sites for hydroxylation is 1. The molecule has 5 heteroatoms. The van der Waals surface area contributed by atoms with Crippen molar-refractivity contribution in [1.29, 1.82) is 0 Å². The third-order valence-corrected chi connectivity index (χ3v) is 3.47. The van der Waals surface area contributed by atoms with E-state index in [0.29, 0.717) is 12.5 Å². The lowest BCUT2D eigenvalue weighted by Crippen LogP contribution is -2.36. The second-order valence-electron chi connectivity index (χ2n) is 6.71. The summed E-state index contributed by atoms with van der Waals surface area (Å²) in [6.07, 6.45) is 3.62. The fourth-order valence-electron chi connectivity index (χ4n) is 2.35. The minimum Gasteiger partial charge on any atom is -0.444 e. The maximum Gasteiger partial charge on any atom is 0.408 e. The van der Waals surface area contributed by atoms with Gasteiger partial charge in [-0.25, -0.2) is 4.79 Å². The number of nitrogens with two attached hydrogens (primary N) is 1. The second kappa shape index (κ2) is 6.02. The molecule has 116 valence electrons. The molecule has 21 heavy (non-hydrogen) atoms. The molecular formula is C16H25N3O2. The van der Waals surface area contributed by atoms with Gasteiger partial charge in [0.05, 0.1) is 11.7 Å². The minimum atomic E-state index is -0.496. The number of carbonyl (C=O) groups is 1. The van der Waals surface area contributed by atoms with Gasteiger partial charge in [0.1, 0.15) is 5.60 Å². The smallest absolute Gasteiger partial charge is 0.408 e. The summed E-state index contributed by atoms with van der Waals surface area (Å²) < 4.78 is 5.35. The van der Waals surface area contributed by atoms with Gasteiger partial charge in [-0.05, 0) is 57.6 Å². The predicted molar refractivity (Wildman–Crippen MR) is 81.7 cm³/mol. The Morgan fingerprint density at radius 2 is 2.19 bits per heavy atom. The molecule has 0 bridgehead atoms. The normalized spacial score (nSPS) is 16.4. The van der Waals surface area contributed by atoms with Crippen LogP contribution in [0.4, 0.5) is 4.79 Å². The monoisotopic (exact) mass is 291 g/mol. The van der Waals surface area contributed by atoms with Crippen molar-refractivity contribution in [2.24, 2.45) is 11.7 Å². The van der Waals surface area contributed by atoms with Gasteiger partial charge in [-0.1, -0.05) is 6.07 Å². The summed E-state index contributed by atoms with van der Waals surface area (Å²) in [6, 6.07) is 1.96. The lowest BCUT2D eigenvalue weighted by Gasteiger charge is -2.24. The van der Waals surface area contributed by atoms with Crippen LogP contribution in [0.15, 0.2) is 12.3 Å². The number of hydrogen-bond acceptors (Lipinski definition) is 4. The van der Waals surface area contributed by atoms with E-state index in [-0.39, 0.29) is 12.1 Å². The largest absolute Gasteiger partial charge is 0.444 e. The number of alkyl carbamates (subject to hydrolysis) is 1. The van der Waals surface area contributed by atoms with Crippen LogP contribution >= 0.6 is 0 Å². The van der Waals surface area contributed by atoms with E-state index in [2.05, 4.69) is 10.3 Å². The number of pyridine rings is 1. The molecule has 1 atom stereocenters. The van der Waals surface area contributed by atoms with Crippen LogP contribution < -0.4 is 11.1 Å². The molecule has 0 aliphatic heterocycles. The van der Waals surface area contributed by atoms with Crippen molar-refractivity contribution >= 4 is 6.09 Å². The highest BCUT2D eigenvalue weighted by Gasteiger charge is 2.36. The molecule has 5 nitrogen and oxygen atoms in total. The molecule has 1 amide bonds. The third kappa shape index (κ3) is 4.43. The molecule has 1 aliphatic rings. The molecule has 0 saturated heterocycles. The molecule has 1 saturated carbocycles. The van der Waals surface area contributed by atoms with Crippen molar-refractivity contribution in [1.82, 2.24) is 10.3 Å². The van der Waals surface area contributed by atoms with E-state index in [9.17, 15) is 4.79 Å². The van der Waals surface area contributed by atoms with Gasteiger partial charge in [-0.2, -0.15) is 0 Å². The van der Waals surface area contributed by atoms with Gasteiger partial charge in [0.2, 0.25) is 0 Å². The minimum absolute atomic E-state index is 0.0772. The van der Waals surface area contributed by atoms with Gasteiger partial charge in [-0.15, -0.1) is 0 Å². The zero-order valence-corrected chi connectivity index (χ0v) is 13.3. The Labute approximate surface area is 126 Å². The highest BCUT2D eigenvalue weighted by molar-refractivity contribution is 5.68. The standard InChI is InChI=1S/C16H25N3O2/c1-10-7-11(8-17)9-18-13(10)14(12-5-6-12)19-15(20)21-16(2,3)4/h7,9,12,14H,5-6,8,17H2,1-4H3,(H,19,20). The van der Waals surface area contributed by atoms with E-state index in [1.54, 1.807) is 6.20 Å². The van der Waals surface area contributed by atoms with E-state index in [1.165, 1.54) is 0 Å². The van der Waals surface area contributed by atoms with E-state index >= 15 is 0 Å². The summed E-state index contributed by atoms with van der Waals surface area (Å²) in [4.78, 5) is 16.5. The Kier molecular flexibility index (Phi) is 4.52. The van der Waals surface area contributed by atoms with E-state index in [4.69, 9.17) is 10.5 Å². The SMILES string of the molecule is Cc1cc(CN)cnc1C(NC(=O)OC(C)(C)C)C1CC1. The van der Waals surface area contributed by atoms with Crippen molar-refractivity contribution < 1.29 is 9.53 Å². The molecule has 1 heterocycles. The van der Waals surface area contributed by atoms with E-state index < -0.39 is 5.60 Å². The topological polar surface area (TPSA) is 77.2 Å². The zero-order chi connectivity index (χ0) is 15.6. The molecule has 0 aromatic carbocycles. The summed E-state index contributed by atoms with van der Waals surface area (Å²) in [7, 11) is 0. The van der Waals surface area contributed by atoms with Crippen molar-refractivity contribution in [3.8, 4) is 0 Å². The van der Waals surface area contributed by atoms with Crippen LogP contribution in [0.5, 0.6) is 0 Å². The van der Waals surface area contributed by atoms with Crippen LogP contribution in [0.1, 0.15) is 56.5 Å². The van der Waals surface area contributed by atoms with Crippen molar-refractivity contribution in [2.75, 3.05) is 0 Å². The molecule has 1 aromatic rings. The number of rotatable bonds is 4. The first-order chi connectivity index (χ1) is 9.80. The van der Waals surface area contributed by atoms with Gasteiger partial charge >= 0.3 is 6.09 Å². The molecule has 1 aliphatic carbocycles. The maximum absolute atomic E-state index is 12.0. The van der Waals surface area contributed by atoms with Crippen LogP contribution in [0.25, 0.3) is 0 Å². The summed E-state index contributed by atoms with van der Waals surface area (Å²) in [5.74, 6) is 0.451. The van der Waals surface area contributed by atoms with Crippen LogP contribution in [0, 0.1) is 12.8 Å². The average Bonchev–Trinajstić information content (AvgIpc) is 3.18. The molecule has 1 fully saturated rings. The molecule has 0 radical (unpaired) electrons. The Bertz CT molecular complexity index is 519. The second-order valence-corrected chi connectivity index (χ2v) is 6.71. The van der Waals surface area contributed by atoms with Gasteiger partial charge in [0.25, 0.3) is 0 Å². The van der Waals surface area contributed by atoms with Gasteiger partial charge in [-0.3, -0.25) is 4.98 Å². The van der Waals surface area contributed by atoms with E-state index in [0.717, 1.165) is 29.7 Å². The number of nitrogens with zero attached hydrogens (tertiary/aromatic N) is 1. The fourth-order valence-corrected chi connectivity index (χ4v) is 2.35. The van der Waals surface area contributed by atoms with Gasteiger partial charge in [0, 0.05) is 12.7 Å². The highest BCUT2D eigenvalue weighted by Crippen LogP contribution is 2.41. The lowest BCUT2D eigenvalue weighted by atomic mass is 10.0. The lowest BCUT2D eigenvalue weighted by molar-refractivity contribution is 0.0495. The number of nitrogens with one attached hydrogen (secondary N) is 1. The van der Waals surface area contributed by atoms with Crippen molar-refractivity contribution in [3.05, 3.63) is 29.1 Å². The quantitative estimate of drug-likeness (QED) is 0.894. The van der Waals surface area contributed by atoms with Gasteiger partial charge in [0.15, 0.2) is 0 Å². The number of aromatic nitrogens is 1. The number of carbonyl (C=O) groups excluding carboxylic acids is 1. The molecule has 0 spiro atoms. The van der Waals surface area contributed by atoms with Crippen LogP contribution in [-0.2, 0) is 11.3 Å². The molecular weight excluding hydrogens is 266 g/mol. The first kappa shape index (κ1) is 15.8. The van der Waals surface area contributed by atoms with Crippen LogP contribution in [-0.4, -0.2) is 16.7 Å². The van der Waals surface area contributed by atoms with Crippen LogP contribution in [0.2, 0.25) is 0 Å². The number of ether oxygens (including phenoxy) is 1. The molecule has 1 aromatic heterocycles. The first-order valence-electron chi connectivity index (χ1n) is 7.45. The number of hydrogen-bond donors (Lipinski definition) is 2. The third-order valence-electron chi connectivity index (χ3n) is 3.47. The summed E-state index contributed by atoms with van der Waals surface area (Å²) >= 11 is 0. The fraction of sp³-hybridized carbons (Fsp3) is 0.625. The first-order valence-corrected chi connectivity index (χ1v) is 7.45. The van der Waals surface area contributed by atoms with Crippen molar-refractivity contribution in [3.63, 3.8) is 0 Å². The Balaban J connectivity index is 2.14. The van der Waals surface area contributed by atoms with Gasteiger partial charge < -0.3 is 15.8 Å². The summed E-state index contributed by atoms with van der Waals surface area (Å²) in [5, 5.41) is 2.98. The highest BCUT2D eigenvalue weighted by atomic mass is 16.6. The van der Waals surface area contributed by atoms with E-state index in [1.807, 2.05) is 33.8 Å². The maximum atomic E-state index is 12.0. The Morgan fingerprint density at radius 3 is 2.67 bits per heavy atom. The zero-order valence-electron chi connectivity index (χ0n) is 13.3. The molecule has 1 unspecified atom stereocenters. The van der Waals surface area contributed by atoms with Crippen molar-refractivity contribution in [2.45, 2.75) is 58.7 Å². The Hall–Kier alpha value is -1.62. The molecule has 2 rings (SSSR count). The summed E-state index contributed by atoms with van der Waals surface area (Å²) in [5.41, 5.74) is 8.12. The number of amides is 1. The Morgan fingerprint density at radius 1 is 1.52 bits per heavy atom. The summed E-state index contributed by atoms with van der Waals surface area (Å²) in [6.45, 7) is 8.06. The predicted octanol–water partition coefficient (Wildman–Crippen LogP) is 2.82. The average molecular weight is 291 g/mol.